The molecular formula is C39H48FN5O9. The first-order chi connectivity index (χ1) is 25.8. The number of amides is 4. The van der Waals surface area contributed by atoms with Gasteiger partial charge < -0.3 is 39.6 Å². The molecule has 1 aliphatic heterocycles. The largest absolute Gasteiger partial charge is 0.497 e. The van der Waals surface area contributed by atoms with Gasteiger partial charge in [0, 0.05) is 55.2 Å². The van der Waals surface area contributed by atoms with Crippen LogP contribution < -0.4 is 25.4 Å². The van der Waals surface area contributed by atoms with Crippen LogP contribution in [0.5, 0.6) is 11.5 Å². The molecule has 4 atom stereocenters. The third-order valence-electron chi connectivity index (χ3n) is 8.96. The summed E-state index contributed by atoms with van der Waals surface area (Å²) in [7, 11) is 3.10. The van der Waals surface area contributed by atoms with Crippen LogP contribution in [0.4, 0.5) is 4.39 Å². The lowest BCUT2D eigenvalue weighted by molar-refractivity contribution is -0.137. The zero-order valence-corrected chi connectivity index (χ0v) is 31.3. The van der Waals surface area contributed by atoms with Crippen LogP contribution in [0.2, 0.25) is 0 Å². The fourth-order valence-electron chi connectivity index (χ4n) is 6.08. The highest BCUT2D eigenvalue weighted by atomic mass is 19.1. The fourth-order valence-corrected chi connectivity index (χ4v) is 6.08. The minimum Gasteiger partial charge on any atom is -0.497 e. The number of nitrogens with zero attached hydrogens (tertiary/aromatic N) is 2. The Morgan fingerprint density at radius 1 is 1.02 bits per heavy atom. The third-order valence-corrected chi connectivity index (χ3v) is 8.96. The van der Waals surface area contributed by atoms with Crippen LogP contribution >= 0.6 is 0 Å². The first kappa shape index (κ1) is 41.0. The zero-order chi connectivity index (χ0) is 39.4. The number of likely N-dealkylation sites (tertiary alicyclic amines) is 1. The Bertz CT molecular complexity index is 1810. The van der Waals surface area contributed by atoms with Crippen LogP contribution in [0.1, 0.15) is 61.0 Å². The number of hydrogen-bond donors (Lipinski definition) is 3. The molecule has 2 heterocycles. The maximum Gasteiger partial charge on any atom is 0.330 e. The van der Waals surface area contributed by atoms with E-state index in [0.717, 1.165) is 5.56 Å². The smallest absolute Gasteiger partial charge is 0.330 e. The summed E-state index contributed by atoms with van der Waals surface area (Å²) in [6.45, 7) is 7.65. The average Bonchev–Trinajstić information content (AvgIpc) is 3.74. The van der Waals surface area contributed by atoms with Gasteiger partial charge in [0.2, 0.25) is 17.7 Å². The van der Waals surface area contributed by atoms with E-state index >= 15 is 0 Å². The van der Waals surface area contributed by atoms with Gasteiger partial charge >= 0.3 is 5.97 Å². The molecular weight excluding hydrogens is 701 g/mol. The molecule has 3 N–H and O–H groups in total. The van der Waals surface area contributed by atoms with E-state index in [2.05, 4.69) is 21.1 Å². The lowest BCUT2D eigenvalue weighted by atomic mass is 9.96. The molecule has 1 aromatic heterocycles. The lowest BCUT2D eigenvalue weighted by Gasteiger charge is -2.27. The number of ether oxygens (including phenoxy) is 3. The number of carbonyl (C=O) groups is 5. The SMILES string of the molecule is CCOC(=O)/C=C/[C@H](C[C@@H]1CCN(Cc2ccc(OC)cc2OC)C1=O)NC(=O)[C@H](Cc1ccc(F)cc1)NC(=O)[C@@H](NC(=O)c1cc(C)on1)C(C)C. The minimum absolute atomic E-state index is 0.00838. The van der Waals surface area contributed by atoms with Gasteiger partial charge in [-0.25, -0.2) is 9.18 Å². The summed E-state index contributed by atoms with van der Waals surface area (Å²) < 4.78 is 34.6. The normalized spacial score (nSPS) is 15.8. The summed E-state index contributed by atoms with van der Waals surface area (Å²) in [6, 6.07) is 9.20. The van der Waals surface area contributed by atoms with E-state index in [9.17, 15) is 28.4 Å². The predicted molar refractivity (Wildman–Crippen MR) is 195 cm³/mol. The van der Waals surface area contributed by atoms with Crippen molar-refractivity contribution >= 4 is 29.6 Å². The molecule has 0 unspecified atom stereocenters. The Morgan fingerprint density at radius 2 is 1.76 bits per heavy atom. The van der Waals surface area contributed by atoms with E-state index < -0.39 is 59.5 Å². The molecule has 0 radical (unpaired) electrons. The molecule has 0 bridgehead atoms. The minimum atomic E-state index is -1.20. The number of hydrogen-bond acceptors (Lipinski definition) is 10. The molecule has 1 aliphatic rings. The van der Waals surface area contributed by atoms with Gasteiger partial charge in [0.05, 0.1) is 20.8 Å². The van der Waals surface area contributed by atoms with Crippen LogP contribution in [0.25, 0.3) is 0 Å². The number of esters is 1. The molecule has 1 saturated heterocycles. The van der Waals surface area contributed by atoms with Gasteiger partial charge in [-0.05, 0) is 62.4 Å². The summed E-state index contributed by atoms with van der Waals surface area (Å²) in [5.74, 6) is -2.43. The Kier molecular flexibility index (Phi) is 14.7. The maximum atomic E-state index is 14.1. The molecule has 14 nitrogen and oxygen atoms in total. The molecule has 1 fully saturated rings. The highest BCUT2D eigenvalue weighted by Crippen LogP contribution is 2.30. The molecule has 15 heteroatoms. The van der Waals surface area contributed by atoms with Gasteiger partial charge in [0.25, 0.3) is 5.91 Å². The highest BCUT2D eigenvalue weighted by molar-refractivity contribution is 5.97. The first-order valence-electron chi connectivity index (χ1n) is 17.8. The Balaban J connectivity index is 1.54. The van der Waals surface area contributed by atoms with E-state index in [1.807, 2.05) is 6.07 Å². The quantitative estimate of drug-likeness (QED) is 0.128. The van der Waals surface area contributed by atoms with Gasteiger partial charge in [-0.15, -0.1) is 0 Å². The van der Waals surface area contributed by atoms with E-state index in [1.54, 1.807) is 58.9 Å². The van der Waals surface area contributed by atoms with Crippen molar-refractivity contribution in [2.24, 2.45) is 11.8 Å². The van der Waals surface area contributed by atoms with Crippen molar-refractivity contribution in [2.45, 2.75) is 71.6 Å². The van der Waals surface area contributed by atoms with E-state index in [0.29, 0.717) is 42.3 Å². The number of benzene rings is 2. The van der Waals surface area contributed by atoms with Crippen molar-refractivity contribution in [2.75, 3.05) is 27.4 Å². The summed E-state index contributed by atoms with van der Waals surface area (Å²) in [6.07, 6.45) is 3.26. The second kappa shape index (κ2) is 19.4. The summed E-state index contributed by atoms with van der Waals surface area (Å²) in [5, 5.41) is 12.0. The number of aryl methyl sites for hydroxylation is 1. The maximum absolute atomic E-state index is 14.1. The fraction of sp³-hybridized carbons (Fsp3) is 0.436. The molecule has 54 heavy (non-hydrogen) atoms. The molecule has 290 valence electrons. The number of methoxy groups -OCH3 is 2. The molecule has 2 aromatic carbocycles. The van der Waals surface area contributed by atoms with Crippen molar-refractivity contribution in [1.29, 1.82) is 0 Å². The van der Waals surface area contributed by atoms with E-state index in [1.165, 1.54) is 42.5 Å². The molecule has 3 aromatic rings. The Labute approximate surface area is 313 Å². The van der Waals surface area contributed by atoms with Crippen LogP contribution in [0.3, 0.4) is 0 Å². The average molecular weight is 750 g/mol. The molecule has 0 aliphatic carbocycles. The van der Waals surface area contributed by atoms with Gasteiger partial charge in [-0.1, -0.05) is 37.2 Å². The summed E-state index contributed by atoms with van der Waals surface area (Å²) in [5.41, 5.74) is 1.34. The van der Waals surface area contributed by atoms with Crippen molar-refractivity contribution < 1.29 is 47.1 Å². The standard InChI is InChI=1S/C39H48FN5O9/c1-7-53-34(46)15-13-29(20-26-16-17-45(39(26)50)22-27-10-14-30(51-5)21-33(27)52-6)41-36(47)31(19-25-8-11-28(40)12-9-25)42-38(49)35(23(2)3)43-37(48)32-18-24(4)54-44-32/h8-15,18,21,23,26,29,31,35H,7,16-17,19-20,22H2,1-6H3,(H,41,47)(H,42,49)(H,43,48)/b15-13+/t26-,29+,31-,35-/m0/s1. The van der Waals surface area contributed by atoms with Gasteiger partial charge in [-0.2, -0.15) is 0 Å². The Hall–Kier alpha value is -5.73. The second-order valence-electron chi connectivity index (χ2n) is 13.3. The van der Waals surface area contributed by atoms with Crippen LogP contribution in [-0.4, -0.2) is 85.2 Å². The molecule has 4 rings (SSSR count). The molecule has 0 spiro atoms. The van der Waals surface area contributed by atoms with Crippen molar-refractivity contribution in [3.63, 3.8) is 0 Å². The Morgan fingerprint density at radius 3 is 2.39 bits per heavy atom. The number of halogens is 1. The van der Waals surface area contributed by atoms with E-state index in [4.69, 9.17) is 18.7 Å². The van der Waals surface area contributed by atoms with E-state index in [-0.39, 0.29) is 31.0 Å². The van der Waals surface area contributed by atoms with Crippen molar-refractivity contribution in [3.05, 3.63) is 89.1 Å². The van der Waals surface area contributed by atoms with Crippen molar-refractivity contribution in [3.8, 4) is 11.5 Å². The number of carbonyl (C=O) groups excluding carboxylic acids is 5. The van der Waals surface area contributed by atoms with Gasteiger partial charge in [0.15, 0.2) is 5.69 Å². The number of nitrogens with one attached hydrogen (secondary N) is 3. The van der Waals surface area contributed by atoms with Gasteiger partial charge in [0.1, 0.15) is 35.2 Å². The van der Waals surface area contributed by atoms with Crippen LogP contribution in [0, 0.1) is 24.6 Å². The predicted octanol–water partition coefficient (Wildman–Crippen LogP) is 3.66. The third kappa shape index (κ3) is 11.4. The zero-order valence-electron chi connectivity index (χ0n) is 31.3. The lowest BCUT2D eigenvalue weighted by Crippen LogP contribution is -2.57. The number of rotatable bonds is 18. The topological polar surface area (TPSA) is 178 Å². The monoisotopic (exact) mass is 749 g/mol. The van der Waals surface area contributed by atoms with Crippen LogP contribution in [-0.2, 0) is 36.9 Å². The van der Waals surface area contributed by atoms with Crippen LogP contribution in [0.15, 0.2) is 65.2 Å². The first-order valence-corrected chi connectivity index (χ1v) is 17.8. The molecule has 0 saturated carbocycles. The van der Waals surface area contributed by atoms with Gasteiger partial charge in [-0.3, -0.25) is 19.2 Å². The van der Waals surface area contributed by atoms with Crippen molar-refractivity contribution in [1.82, 2.24) is 26.0 Å². The number of aromatic nitrogens is 1. The molecule has 4 amide bonds. The summed E-state index contributed by atoms with van der Waals surface area (Å²) >= 11 is 0. The summed E-state index contributed by atoms with van der Waals surface area (Å²) in [4.78, 5) is 68.4. The second-order valence-corrected chi connectivity index (χ2v) is 13.3. The highest BCUT2D eigenvalue weighted by Gasteiger charge is 2.35.